The Balaban J connectivity index is 2.56. The van der Waals surface area contributed by atoms with Crippen LogP contribution in [0.4, 0.5) is 0 Å². The fraction of sp³-hybridized carbons (Fsp3) is 0.462. The SMILES string of the molecule is CC(O)CN(C)C(=O)C(C)Oc1ccc(Cl)cc1. The lowest BCUT2D eigenvalue weighted by Gasteiger charge is -2.23. The molecule has 0 aromatic heterocycles. The van der Waals surface area contributed by atoms with E-state index in [-0.39, 0.29) is 12.5 Å². The van der Waals surface area contributed by atoms with Gasteiger partial charge in [0.15, 0.2) is 6.10 Å². The molecule has 0 saturated carbocycles. The molecular formula is C13H18ClNO3. The maximum atomic E-state index is 11.9. The molecule has 2 unspecified atom stereocenters. The van der Waals surface area contributed by atoms with Gasteiger partial charge in [0.2, 0.25) is 0 Å². The first-order chi connectivity index (χ1) is 8.40. The van der Waals surface area contributed by atoms with Gasteiger partial charge in [-0.05, 0) is 38.1 Å². The van der Waals surface area contributed by atoms with E-state index in [1.165, 1.54) is 4.90 Å². The summed E-state index contributed by atoms with van der Waals surface area (Å²) in [6.45, 7) is 3.59. The minimum atomic E-state index is -0.602. The summed E-state index contributed by atoms with van der Waals surface area (Å²) in [4.78, 5) is 13.4. The number of nitrogens with zero attached hydrogens (tertiary/aromatic N) is 1. The first-order valence-electron chi connectivity index (χ1n) is 5.75. The Kier molecular flexibility index (Phi) is 5.44. The van der Waals surface area contributed by atoms with E-state index in [2.05, 4.69) is 0 Å². The molecule has 2 atom stereocenters. The molecule has 1 aromatic rings. The zero-order valence-corrected chi connectivity index (χ0v) is 11.5. The number of benzene rings is 1. The van der Waals surface area contributed by atoms with E-state index >= 15 is 0 Å². The normalized spacial score (nSPS) is 13.8. The smallest absolute Gasteiger partial charge is 0.263 e. The van der Waals surface area contributed by atoms with Crippen LogP contribution >= 0.6 is 11.6 Å². The topological polar surface area (TPSA) is 49.8 Å². The number of aliphatic hydroxyl groups excluding tert-OH is 1. The Bertz CT molecular complexity index is 392. The van der Waals surface area contributed by atoms with Crippen molar-refractivity contribution in [1.82, 2.24) is 4.90 Å². The van der Waals surface area contributed by atoms with Crippen molar-refractivity contribution in [3.8, 4) is 5.75 Å². The summed E-state index contributed by atoms with van der Waals surface area (Å²) in [7, 11) is 1.64. The van der Waals surface area contributed by atoms with Gasteiger partial charge >= 0.3 is 0 Å². The molecular weight excluding hydrogens is 254 g/mol. The second-order valence-corrected chi connectivity index (χ2v) is 4.72. The lowest BCUT2D eigenvalue weighted by atomic mass is 10.3. The van der Waals surface area contributed by atoms with Gasteiger partial charge < -0.3 is 14.7 Å². The number of amides is 1. The summed E-state index contributed by atoms with van der Waals surface area (Å²) in [5.41, 5.74) is 0. The third-order valence-electron chi connectivity index (χ3n) is 2.39. The number of carbonyl (C=O) groups is 1. The molecule has 0 radical (unpaired) electrons. The second kappa shape index (κ2) is 6.61. The van der Waals surface area contributed by atoms with Crippen molar-refractivity contribution in [3.63, 3.8) is 0 Å². The van der Waals surface area contributed by atoms with Gasteiger partial charge in [-0.25, -0.2) is 0 Å². The lowest BCUT2D eigenvalue weighted by molar-refractivity contribution is -0.137. The van der Waals surface area contributed by atoms with Crippen molar-refractivity contribution in [2.45, 2.75) is 26.1 Å². The fourth-order valence-corrected chi connectivity index (χ4v) is 1.69. The first-order valence-corrected chi connectivity index (χ1v) is 6.13. The van der Waals surface area contributed by atoms with E-state index in [0.717, 1.165) is 0 Å². The molecule has 0 bridgehead atoms. The van der Waals surface area contributed by atoms with E-state index in [1.54, 1.807) is 45.2 Å². The molecule has 0 heterocycles. The van der Waals surface area contributed by atoms with Crippen molar-refractivity contribution in [1.29, 1.82) is 0 Å². The minimum Gasteiger partial charge on any atom is -0.481 e. The van der Waals surface area contributed by atoms with E-state index in [9.17, 15) is 9.90 Å². The Hall–Kier alpha value is -1.26. The molecule has 0 aliphatic rings. The van der Waals surface area contributed by atoms with Gasteiger partial charge in [0.05, 0.1) is 6.10 Å². The summed E-state index contributed by atoms with van der Waals surface area (Å²) in [5.74, 6) is 0.413. The summed E-state index contributed by atoms with van der Waals surface area (Å²) in [6.07, 6.45) is -1.16. The van der Waals surface area contributed by atoms with Crippen LogP contribution < -0.4 is 4.74 Å². The number of hydrogen-bond acceptors (Lipinski definition) is 3. The van der Waals surface area contributed by atoms with Crippen LogP contribution in [0.3, 0.4) is 0 Å². The van der Waals surface area contributed by atoms with Crippen LogP contribution in [0, 0.1) is 0 Å². The Morgan fingerprint density at radius 2 is 1.94 bits per heavy atom. The van der Waals surface area contributed by atoms with Gasteiger partial charge in [-0.1, -0.05) is 11.6 Å². The molecule has 1 aromatic carbocycles. The van der Waals surface area contributed by atoms with Crippen LogP contribution in [0.1, 0.15) is 13.8 Å². The third kappa shape index (κ3) is 4.55. The van der Waals surface area contributed by atoms with Crippen molar-refractivity contribution in [3.05, 3.63) is 29.3 Å². The lowest BCUT2D eigenvalue weighted by Crippen LogP contribution is -2.41. The maximum Gasteiger partial charge on any atom is 0.263 e. The predicted octanol–water partition coefficient (Wildman–Crippen LogP) is 1.95. The minimum absolute atomic E-state index is 0.175. The molecule has 0 fully saturated rings. The number of aliphatic hydroxyl groups is 1. The van der Waals surface area contributed by atoms with Gasteiger partial charge in [-0.15, -0.1) is 0 Å². The number of carbonyl (C=O) groups excluding carboxylic acids is 1. The van der Waals surface area contributed by atoms with Crippen molar-refractivity contribution in [2.75, 3.05) is 13.6 Å². The van der Waals surface area contributed by atoms with Gasteiger partial charge in [0.25, 0.3) is 5.91 Å². The zero-order valence-electron chi connectivity index (χ0n) is 10.8. The Morgan fingerprint density at radius 3 is 2.44 bits per heavy atom. The van der Waals surface area contributed by atoms with Crippen molar-refractivity contribution < 1.29 is 14.6 Å². The molecule has 0 aliphatic heterocycles. The standard InChI is InChI=1S/C13H18ClNO3/c1-9(16)8-15(3)13(17)10(2)18-12-6-4-11(14)5-7-12/h4-7,9-10,16H,8H2,1-3H3. The van der Waals surface area contributed by atoms with Gasteiger partial charge in [-0.2, -0.15) is 0 Å². The highest BCUT2D eigenvalue weighted by Crippen LogP contribution is 2.17. The van der Waals surface area contributed by atoms with Gasteiger partial charge in [-0.3, -0.25) is 4.79 Å². The van der Waals surface area contributed by atoms with E-state index in [0.29, 0.717) is 10.8 Å². The molecule has 0 saturated heterocycles. The maximum absolute atomic E-state index is 11.9. The van der Waals surface area contributed by atoms with Crippen molar-refractivity contribution in [2.24, 2.45) is 0 Å². The van der Waals surface area contributed by atoms with Crippen LogP contribution in [0.2, 0.25) is 5.02 Å². The Morgan fingerprint density at radius 1 is 1.39 bits per heavy atom. The van der Waals surface area contributed by atoms with Crippen LogP contribution in [0.25, 0.3) is 0 Å². The molecule has 1 amide bonds. The average Bonchev–Trinajstić information content (AvgIpc) is 2.30. The summed E-state index contributed by atoms with van der Waals surface area (Å²) in [6, 6.07) is 6.82. The quantitative estimate of drug-likeness (QED) is 0.890. The largest absolute Gasteiger partial charge is 0.481 e. The van der Waals surface area contributed by atoms with Gasteiger partial charge in [0, 0.05) is 18.6 Å². The monoisotopic (exact) mass is 271 g/mol. The molecule has 0 spiro atoms. The van der Waals surface area contributed by atoms with Gasteiger partial charge in [0.1, 0.15) is 5.75 Å². The van der Waals surface area contributed by atoms with Crippen LogP contribution in [0.5, 0.6) is 5.75 Å². The Labute approximate surface area is 112 Å². The highest BCUT2D eigenvalue weighted by atomic mass is 35.5. The van der Waals surface area contributed by atoms with Crippen LogP contribution in [-0.4, -0.2) is 41.7 Å². The third-order valence-corrected chi connectivity index (χ3v) is 2.64. The average molecular weight is 272 g/mol. The number of rotatable bonds is 5. The van der Waals surface area contributed by atoms with Crippen molar-refractivity contribution >= 4 is 17.5 Å². The molecule has 1 rings (SSSR count). The summed E-state index contributed by atoms with van der Waals surface area (Å²) < 4.78 is 5.50. The molecule has 1 N–H and O–H groups in total. The molecule has 18 heavy (non-hydrogen) atoms. The highest BCUT2D eigenvalue weighted by molar-refractivity contribution is 6.30. The van der Waals surface area contributed by atoms with Crippen LogP contribution in [-0.2, 0) is 4.79 Å². The number of hydrogen-bond donors (Lipinski definition) is 1. The molecule has 0 aliphatic carbocycles. The number of likely N-dealkylation sites (N-methyl/N-ethyl adjacent to an activating group) is 1. The second-order valence-electron chi connectivity index (χ2n) is 4.28. The summed E-state index contributed by atoms with van der Waals surface area (Å²) >= 11 is 5.76. The highest BCUT2D eigenvalue weighted by Gasteiger charge is 2.19. The zero-order chi connectivity index (χ0) is 13.7. The molecule has 4 nitrogen and oxygen atoms in total. The molecule has 100 valence electrons. The number of halogens is 1. The van der Waals surface area contributed by atoms with E-state index in [4.69, 9.17) is 16.3 Å². The van der Waals surface area contributed by atoms with Crippen LogP contribution in [0.15, 0.2) is 24.3 Å². The molecule has 5 heteroatoms. The summed E-state index contributed by atoms with van der Waals surface area (Å²) in [5, 5.41) is 9.84. The van der Waals surface area contributed by atoms with E-state index in [1.807, 2.05) is 0 Å². The van der Waals surface area contributed by atoms with E-state index < -0.39 is 12.2 Å². The number of ether oxygens (including phenoxy) is 1. The fourth-order valence-electron chi connectivity index (χ4n) is 1.56. The predicted molar refractivity (Wildman–Crippen MR) is 70.9 cm³/mol. The first kappa shape index (κ1) is 14.8.